The molecule has 6 heteroatoms. The van der Waals surface area contributed by atoms with Crippen molar-refractivity contribution >= 4 is 16.0 Å². The lowest BCUT2D eigenvalue weighted by atomic mass is 9.85. The van der Waals surface area contributed by atoms with E-state index in [0.29, 0.717) is 11.4 Å². The molecular formula is C12H27N3O2S. The van der Waals surface area contributed by atoms with Crippen LogP contribution in [-0.2, 0) is 10.0 Å². The van der Waals surface area contributed by atoms with E-state index in [4.69, 9.17) is 0 Å². The van der Waals surface area contributed by atoms with E-state index in [1.54, 1.807) is 19.0 Å². The van der Waals surface area contributed by atoms with Gasteiger partial charge in [-0.1, -0.05) is 27.2 Å². The summed E-state index contributed by atoms with van der Waals surface area (Å²) in [6, 6.07) is 0. The minimum atomic E-state index is -3.35. The van der Waals surface area contributed by atoms with Gasteiger partial charge in [0.15, 0.2) is 0 Å². The first kappa shape index (κ1) is 17.2. The van der Waals surface area contributed by atoms with Crippen LogP contribution in [0.4, 0.5) is 0 Å². The number of sulfonamides is 1. The second kappa shape index (κ2) is 6.97. The molecule has 0 aromatic carbocycles. The van der Waals surface area contributed by atoms with E-state index in [1.807, 2.05) is 0 Å². The van der Waals surface area contributed by atoms with E-state index in [2.05, 4.69) is 30.5 Å². The van der Waals surface area contributed by atoms with Crippen LogP contribution in [-0.4, -0.2) is 46.2 Å². The summed E-state index contributed by atoms with van der Waals surface area (Å²) in [6.07, 6.45) is 4.34. The van der Waals surface area contributed by atoms with Gasteiger partial charge in [0.1, 0.15) is 0 Å². The first-order valence-corrected chi connectivity index (χ1v) is 8.13. The van der Waals surface area contributed by atoms with Crippen LogP contribution < -0.4 is 5.32 Å². The fourth-order valence-corrected chi connectivity index (χ4v) is 1.92. The molecule has 0 radical (unpaired) electrons. The molecule has 0 saturated carbocycles. The van der Waals surface area contributed by atoms with E-state index in [-0.39, 0.29) is 0 Å². The van der Waals surface area contributed by atoms with Crippen LogP contribution in [0.1, 0.15) is 40.0 Å². The van der Waals surface area contributed by atoms with Crippen LogP contribution in [0.15, 0.2) is 4.40 Å². The van der Waals surface area contributed by atoms with Crippen molar-refractivity contribution in [1.82, 2.24) is 10.2 Å². The van der Waals surface area contributed by atoms with Crippen molar-refractivity contribution in [2.24, 2.45) is 9.81 Å². The van der Waals surface area contributed by atoms with Crippen molar-refractivity contribution < 1.29 is 8.42 Å². The van der Waals surface area contributed by atoms with Crippen molar-refractivity contribution in [1.29, 1.82) is 0 Å². The molecule has 0 aliphatic carbocycles. The van der Waals surface area contributed by atoms with Crippen molar-refractivity contribution in [3.63, 3.8) is 0 Å². The summed E-state index contributed by atoms with van der Waals surface area (Å²) >= 11 is 0. The van der Waals surface area contributed by atoms with Gasteiger partial charge in [-0.05, 0) is 18.3 Å². The Bertz CT molecular complexity index is 373. The van der Waals surface area contributed by atoms with Crippen LogP contribution in [0, 0.1) is 5.41 Å². The average Bonchev–Trinajstić information content (AvgIpc) is 2.20. The fourth-order valence-electron chi connectivity index (χ4n) is 1.37. The second-order valence-electron chi connectivity index (χ2n) is 5.59. The zero-order valence-electron chi connectivity index (χ0n) is 12.4. The molecule has 0 spiro atoms. The highest BCUT2D eigenvalue weighted by atomic mass is 32.2. The van der Waals surface area contributed by atoms with Crippen LogP contribution in [0.2, 0.25) is 0 Å². The van der Waals surface area contributed by atoms with Gasteiger partial charge in [0.05, 0.1) is 6.26 Å². The summed E-state index contributed by atoms with van der Waals surface area (Å²) in [7, 11) is 0.187. The van der Waals surface area contributed by atoms with E-state index < -0.39 is 10.0 Å². The molecular weight excluding hydrogens is 250 g/mol. The first-order chi connectivity index (χ1) is 8.07. The number of rotatable bonds is 6. The molecule has 0 atom stereocenters. The molecule has 0 aliphatic rings. The topological polar surface area (TPSA) is 61.8 Å². The molecule has 0 amide bonds. The Labute approximate surface area is 112 Å². The molecule has 0 saturated heterocycles. The summed E-state index contributed by atoms with van der Waals surface area (Å²) < 4.78 is 25.9. The number of nitrogens with one attached hydrogen (secondary N) is 1. The summed E-state index contributed by atoms with van der Waals surface area (Å²) in [6.45, 7) is 7.40. The van der Waals surface area contributed by atoms with Crippen LogP contribution in [0.3, 0.4) is 0 Å². The average molecular weight is 277 g/mol. The van der Waals surface area contributed by atoms with Gasteiger partial charge in [-0.25, -0.2) is 8.42 Å². The zero-order valence-corrected chi connectivity index (χ0v) is 13.3. The number of hydrogen-bond acceptors (Lipinski definition) is 2. The van der Waals surface area contributed by atoms with Crippen molar-refractivity contribution in [2.75, 3.05) is 26.9 Å². The fraction of sp³-hybridized carbons (Fsp3) is 0.917. The number of hydrogen-bond donors (Lipinski definition) is 1. The Morgan fingerprint density at radius 1 is 1.33 bits per heavy atom. The normalized spacial score (nSPS) is 13.6. The van der Waals surface area contributed by atoms with Gasteiger partial charge in [-0.2, -0.15) is 0 Å². The standard InChI is InChI=1S/C12H27N3O2S/c1-7-12(2,3)9-8-10-13-11(15(4)5)14-18(6,16)17/h7-10H2,1-6H3,(H,13,14). The molecule has 0 aliphatic heterocycles. The van der Waals surface area contributed by atoms with E-state index in [1.165, 1.54) is 0 Å². The largest absolute Gasteiger partial charge is 0.355 e. The molecule has 0 unspecified atom stereocenters. The zero-order chi connectivity index (χ0) is 14.4. The molecule has 0 rings (SSSR count). The monoisotopic (exact) mass is 277 g/mol. The third-order valence-corrected chi connectivity index (χ3v) is 3.45. The smallest absolute Gasteiger partial charge is 0.253 e. The van der Waals surface area contributed by atoms with Gasteiger partial charge in [0, 0.05) is 20.6 Å². The lowest BCUT2D eigenvalue weighted by Crippen LogP contribution is -2.37. The first-order valence-electron chi connectivity index (χ1n) is 6.28. The molecule has 5 nitrogen and oxygen atoms in total. The predicted molar refractivity (Wildman–Crippen MR) is 77.3 cm³/mol. The third kappa shape index (κ3) is 8.33. The van der Waals surface area contributed by atoms with Crippen LogP contribution in [0.5, 0.6) is 0 Å². The highest BCUT2D eigenvalue weighted by Gasteiger charge is 2.14. The van der Waals surface area contributed by atoms with E-state index in [9.17, 15) is 8.42 Å². The third-order valence-electron chi connectivity index (χ3n) is 2.95. The summed E-state index contributed by atoms with van der Waals surface area (Å²) in [5.41, 5.74) is 0.341. The van der Waals surface area contributed by atoms with E-state index >= 15 is 0 Å². The molecule has 0 aromatic rings. The quantitative estimate of drug-likeness (QED) is 0.456. The van der Waals surface area contributed by atoms with Crippen LogP contribution >= 0.6 is 0 Å². The summed E-state index contributed by atoms with van der Waals surface area (Å²) in [5, 5.41) is 3.07. The maximum atomic E-state index is 11.1. The Hall–Kier alpha value is -0.780. The maximum absolute atomic E-state index is 11.1. The minimum absolute atomic E-state index is 0.341. The maximum Gasteiger partial charge on any atom is 0.253 e. The highest BCUT2D eigenvalue weighted by Crippen LogP contribution is 2.25. The Balaban J connectivity index is 4.29. The Morgan fingerprint density at radius 2 is 1.89 bits per heavy atom. The molecule has 0 bridgehead atoms. The summed E-state index contributed by atoms with van der Waals surface area (Å²) in [5.74, 6) is 0.395. The molecule has 0 heterocycles. The van der Waals surface area contributed by atoms with Crippen LogP contribution in [0.25, 0.3) is 0 Å². The second-order valence-corrected chi connectivity index (χ2v) is 7.24. The molecule has 108 valence electrons. The predicted octanol–water partition coefficient (Wildman–Crippen LogP) is 1.67. The van der Waals surface area contributed by atoms with Crippen molar-refractivity contribution in [3.05, 3.63) is 0 Å². The van der Waals surface area contributed by atoms with Gasteiger partial charge in [0.25, 0.3) is 10.0 Å². The molecule has 0 aromatic heterocycles. The SMILES string of the molecule is CCC(C)(C)CCCN/C(=N/S(C)(=O)=O)N(C)C. The van der Waals surface area contributed by atoms with E-state index in [0.717, 1.165) is 32.1 Å². The number of guanidine groups is 1. The lowest BCUT2D eigenvalue weighted by Gasteiger charge is -2.23. The lowest BCUT2D eigenvalue weighted by molar-refractivity contribution is 0.312. The minimum Gasteiger partial charge on any atom is -0.355 e. The molecule has 0 fully saturated rings. The molecule has 1 N–H and O–H groups in total. The van der Waals surface area contributed by atoms with Gasteiger partial charge in [-0.15, -0.1) is 4.40 Å². The van der Waals surface area contributed by atoms with Gasteiger partial charge in [0.2, 0.25) is 5.96 Å². The highest BCUT2D eigenvalue weighted by molar-refractivity contribution is 7.89. The van der Waals surface area contributed by atoms with Gasteiger partial charge < -0.3 is 10.2 Å². The number of nitrogens with zero attached hydrogens (tertiary/aromatic N) is 2. The molecule has 18 heavy (non-hydrogen) atoms. The van der Waals surface area contributed by atoms with Gasteiger partial charge >= 0.3 is 0 Å². The summed E-state index contributed by atoms with van der Waals surface area (Å²) in [4.78, 5) is 1.67. The van der Waals surface area contributed by atoms with Crippen molar-refractivity contribution in [2.45, 2.75) is 40.0 Å². The van der Waals surface area contributed by atoms with Crippen molar-refractivity contribution in [3.8, 4) is 0 Å². The van der Waals surface area contributed by atoms with Gasteiger partial charge in [-0.3, -0.25) is 0 Å². The Morgan fingerprint density at radius 3 is 2.28 bits per heavy atom. The Kier molecular flexibility index (Phi) is 6.67.